The van der Waals surface area contributed by atoms with Crippen molar-refractivity contribution in [2.24, 2.45) is 5.92 Å². The molecule has 0 amide bonds. The summed E-state index contributed by atoms with van der Waals surface area (Å²) in [6.45, 7) is 4.28. The van der Waals surface area contributed by atoms with Crippen molar-refractivity contribution in [3.63, 3.8) is 0 Å². The van der Waals surface area contributed by atoms with E-state index < -0.39 is 0 Å². The van der Waals surface area contributed by atoms with E-state index in [4.69, 9.17) is 5.11 Å². The van der Waals surface area contributed by atoms with Gasteiger partial charge < -0.3 is 0 Å². The van der Waals surface area contributed by atoms with Gasteiger partial charge in [-0.25, -0.2) is 0 Å². The van der Waals surface area contributed by atoms with E-state index in [1.165, 1.54) is 0 Å². The first-order valence-electron chi connectivity index (χ1n) is 3.16. The second kappa shape index (κ2) is 4.73. The number of hydrogen-bond acceptors (Lipinski definition) is 1. The molecule has 0 aromatic rings. The van der Waals surface area contributed by atoms with Crippen LogP contribution in [0.4, 0.5) is 0 Å². The van der Waals surface area contributed by atoms with Crippen LogP contribution >= 0.6 is 0 Å². The van der Waals surface area contributed by atoms with Crippen molar-refractivity contribution >= 4 is 25.8 Å². The van der Waals surface area contributed by atoms with Gasteiger partial charge >= 0.3 is 67.1 Å². The van der Waals surface area contributed by atoms with Crippen molar-refractivity contribution in [1.82, 2.24) is 0 Å². The summed E-state index contributed by atoms with van der Waals surface area (Å²) >= 11 is 0.741. The molecule has 48 valence electrons. The van der Waals surface area contributed by atoms with Gasteiger partial charge in [-0.1, -0.05) is 0 Å². The van der Waals surface area contributed by atoms with Gasteiger partial charge in [-0.05, 0) is 0 Å². The Hall–Kier alpha value is 0.882. The average molecular weight is 309 g/mol. The van der Waals surface area contributed by atoms with E-state index in [-0.39, 0.29) is 3.66 Å². The molecule has 0 aliphatic rings. The minimum atomic E-state index is 0.0463. The molecule has 1 atom stereocenters. The molecule has 0 fully saturated rings. The Morgan fingerprint density at radius 2 is 1.75 bits per heavy atom. The Balaban J connectivity index is 3.35. The van der Waals surface area contributed by atoms with Gasteiger partial charge in [0.1, 0.15) is 0 Å². The zero-order chi connectivity index (χ0) is 6.57. The van der Waals surface area contributed by atoms with Crippen LogP contribution in [0.2, 0.25) is 0 Å². The first-order chi connectivity index (χ1) is 3.72. The zero-order valence-corrected chi connectivity index (χ0v) is 10.1. The molecule has 1 N–H and O–H groups in total. The van der Waals surface area contributed by atoms with E-state index in [2.05, 4.69) is 13.8 Å². The molecule has 2 heteroatoms. The molecule has 0 aromatic heterocycles. The van der Waals surface area contributed by atoms with Crippen LogP contribution in [0.3, 0.4) is 0 Å². The van der Waals surface area contributed by atoms with E-state index in [1.807, 2.05) is 0 Å². The molecule has 1 nitrogen and oxygen atoms in total. The molecule has 0 saturated carbocycles. The topological polar surface area (TPSA) is 20.2 Å². The van der Waals surface area contributed by atoms with Crippen LogP contribution in [0.25, 0.3) is 0 Å². The SMILES string of the molecule is CCC(CC)[CH](O)[PbH]. The maximum atomic E-state index is 9.09. The number of aliphatic hydroxyl groups is 1. The van der Waals surface area contributed by atoms with Crippen molar-refractivity contribution in [3.8, 4) is 0 Å². The first-order valence-corrected chi connectivity index (χ1v) is 5.75. The number of hydrogen-bond donors (Lipinski definition) is 1. The Morgan fingerprint density at radius 1 is 1.38 bits per heavy atom. The fraction of sp³-hybridized carbons (Fsp3) is 1.00. The summed E-state index contributed by atoms with van der Waals surface area (Å²) in [4.78, 5) is 0. The van der Waals surface area contributed by atoms with Gasteiger partial charge in [0.2, 0.25) is 0 Å². The van der Waals surface area contributed by atoms with Crippen LogP contribution in [0, 0.1) is 5.92 Å². The minimum absolute atomic E-state index is 0.0463. The molecule has 0 aliphatic carbocycles. The zero-order valence-electron chi connectivity index (χ0n) is 5.59. The molecule has 2 radical (unpaired) electrons. The number of rotatable bonds is 3. The van der Waals surface area contributed by atoms with Gasteiger partial charge in [-0.2, -0.15) is 0 Å². The quantitative estimate of drug-likeness (QED) is 0.759. The van der Waals surface area contributed by atoms with E-state index in [0.717, 1.165) is 38.6 Å². The third kappa shape index (κ3) is 3.02. The second-order valence-electron chi connectivity index (χ2n) is 2.07. The molecule has 0 aromatic carbocycles. The summed E-state index contributed by atoms with van der Waals surface area (Å²) in [5.41, 5.74) is 0. The fourth-order valence-corrected chi connectivity index (χ4v) is 2.89. The standard InChI is InChI=1S/C6H13O.Pb.H/c1-3-6(4-2)5-7;;/h5-7H,3-4H2,1-2H3;;. The van der Waals surface area contributed by atoms with Crippen LogP contribution in [-0.4, -0.2) is 34.5 Å². The molecule has 0 saturated heterocycles. The molecule has 0 aliphatic heterocycles. The summed E-state index contributed by atoms with van der Waals surface area (Å²) in [5, 5.41) is 9.09. The summed E-state index contributed by atoms with van der Waals surface area (Å²) in [6.07, 6.45) is 2.27. The van der Waals surface area contributed by atoms with E-state index in [0.29, 0.717) is 5.92 Å². The van der Waals surface area contributed by atoms with Crippen molar-refractivity contribution < 1.29 is 5.11 Å². The summed E-state index contributed by atoms with van der Waals surface area (Å²) in [5.74, 6) is 0.583. The molecule has 0 bridgehead atoms. The van der Waals surface area contributed by atoms with Gasteiger partial charge in [-0.3, -0.25) is 0 Å². The van der Waals surface area contributed by atoms with Gasteiger partial charge in [0.15, 0.2) is 0 Å². The molecule has 1 unspecified atom stereocenters. The summed E-state index contributed by atoms with van der Waals surface area (Å²) < 4.78 is 0.0463. The van der Waals surface area contributed by atoms with Crippen LogP contribution in [0.15, 0.2) is 0 Å². The van der Waals surface area contributed by atoms with Crippen LogP contribution in [-0.2, 0) is 0 Å². The molecule has 0 spiro atoms. The van der Waals surface area contributed by atoms with Crippen LogP contribution in [0.5, 0.6) is 0 Å². The Labute approximate surface area is 67.2 Å². The molecular weight excluding hydrogens is 295 g/mol. The van der Waals surface area contributed by atoms with Gasteiger partial charge in [-0.15, -0.1) is 0 Å². The normalized spacial score (nSPS) is 14.6. The monoisotopic (exact) mass is 310 g/mol. The predicted octanol–water partition coefficient (Wildman–Crippen LogP) is 0.642. The van der Waals surface area contributed by atoms with E-state index in [9.17, 15) is 0 Å². The second-order valence-corrected chi connectivity index (χ2v) is 4.72. The fourth-order valence-electron chi connectivity index (χ4n) is 0.772. The molecule has 0 heterocycles. The van der Waals surface area contributed by atoms with Crippen molar-refractivity contribution in [2.75, 3.05) is 0 Å². The third-order valence-corrected chi connectivity index (χ3v) is 3.65. The number of aliphatic hydroxyl groups excluding tert-OH is 1. The van der Waals surface area contributed by atoms with Gasteiger partial charge in [0.05, 0.1) is 0 Å². The van der Waals surface area contributed by atoms with Crippen molar-refractivity contribution in [3.05, 3.63) is 0 Å². The van der Waals surface area contributed by atoms with Gasteiger partial charge in [0, 0.05) is 0 Å². The average Bonchev–Trinajstić information content (AvgIpc) is 1.69. The Bertz CT molecular complexity index is 50.5. The Morgan fingerprint density at radius 3 is 1.75 bits per heavy atom. The van der Waals surface area contributed by atoms with Gasteiger partial charge in [0.25, 0.3) is 0 Å². The molecule has 8 heavy (non-hydrogen) atoms. The third-order valence-electron chi connectivity index (χ3n) is 1.53. The van der Waals surface area contributed by atoms with Crippen molar-refractivity contribution in [1.29, 1.82) is 0 Å². The van der Waals surface area contributed by atoms with Crippen LogP contribution in [0.1, 0.15) is 26.7 Å². The van der Waals surface area contributed by atoms with Crippen LogP contribution < -0.4 is 0 Å². The summed E-state index contributed by atoms with van der Waals surface area (Å²) in [6, 6.07) is 0. The Kier molecular flexibility index (Phi) is 5.25. The molecular formula is C6H14OPb. The molecule has 0 rings (SSSR count). The van der Waals surface area contributed by atoms with Crippen molar-refractivity contribution in [2.45, 2.75) is 30.4 Å². The predicted molar refractivity (Wildman–Crippen MR) is 37.2 cm³/mol. The summed E-state index contributed by atoms with van der Waals surface area (Å²) in [7, 11) is 0. The van der Waals surface area contributed by atoms with E-state index >= 15 is 0 Å². The first kappa shape index (κ1) is 8.88. The van der Waals surface area contributed by atoms with E-state index in [1.54, 1.807) is 0 Å². The maximum absolute atomic E-state index is 9.09.